The molecule has 0 radical (unpaired) electrons. The zero-order valence-corrected chi connectivity index (χ0v) is 17.0. The van der Waals surface area contributed by atoms with E-state index in [9.17, 15) is 8.42 Å². The van der Waals surface area contributed by atoms with Crippen LogP contribution in [0.2, 0.25) is 0 Å². The van der Waals surface area contributed by atoms with Gasteiger partial charge in [0, 0.05) is 18.7 Å². The second-order valence-corrected chi connectivity index (χ2v) is 7.81. The minimum atomic E-state index is -3.92. The summed E-state index contributed by atoms with van der Waals surface area (Å²) < 4.78 is 30.1. The topological polar surface area (TPSA) is 128 Å². The first-order valence-corrected chi connectivity index (χ1v) is 10.8. The van der Waals surface area contributed by atoms with E-state index in [-0.39, 0.29) is 5.75 Å². The molecule has 8 nitrogen and oxygen atoms in total. The van der Waals surface area contributed by atoms with E-state index < -0.39 is 10.1 Å². The van der Waals surface area contributed by atoms with E-state index >= 15 is 0 Å². The van der Waals surface area contributed by atoms with Crippen molar-refractivity contribution in [3.63, 3.8) is 0 Å². The number of rotatable bonds is 9. The van der Waals surface area contributed by atoms with Gasteiger partial charge in [0.25, 0.3) is 10.1 Å². The van der Waals surface area contributed by atoms with Crippen LogP contribution in [0.25, 0.3) is 0 Å². The van der Waals surface area contributed by atoms with Crippen LogP contribution < -0.4 is 10.6 Å². The molecule has 3 N–H and O–H groups in total. The van der Waals surface area contributed by atoms with Gasteiger partial charge in [-0.25, -0.2) is 4.98 Å². The molecular weight excluding hydrogens is 390 g/mol. The van der Waals surface area contributed by atoms with Crippen LogP contribution in [0.4, 0.5) is 17.5 Å². The van der Waals surface area contributed by atoms with Gasteiger partial charge in [0.1, 0.15) is 5.82 Å². The van der Waals surface area contributed by atoms with Crippen molar-refractivity contribution in [3.05, 3.63) is 41.6 Å². The molecule has 0 amide bonds. The SMILES string of the molecule is CCCNc1nc(Nc2ccc(C#N)cc2)ncc1C#CCCCCS(=O)(=O)O. The Labute approximate surface area is 171 Å². The lowest BCUT2D eigenvalue weighted by Gasteiger charge is -2.10. The van der Waals surface area contributed by atoms with Gasteiger partial charge >= 0.3 is 0 Å². The van der Waals surface area contributed by atoms with E-state index in [0.29, 0.717) is 42.2 Å². The lowest BCUT2D eigenvalue weighted by atomic mass is 10.2. The first-order chi connectivity index (χ1) is 13.9. The molecule has 1 aromatic heterocycles. The second-order valence-electron chi connectivity index (χ2n) is 6.24. The molecule has 0 aliphatic rings. The highest BCUT2D eigenvalue weighted by Crippen LogP contribution is 2.17. The summed E-state index contributed by atoms with van der Waals surface area (Å²) in [6.45, 7) is 2.78. The van der Waals surface area contributed by atoms with Gasteiger partial charge in [-0.2, -0.15) is 18.7 Å². The number of hydrogen-bond acceptors (Lipinski definition) is 7. The van der Waals surface area contributed by atoms with Crippen LogP contribution >= 0.6 is 0 Å². The minimum Gasteiger partial charge on any atom is -0.369 e. The number of nitriles is 1. The molecule has 9 heteroatoms. The molecule has 0 saturated heterocycles. The fraction of sp³-hybridized carbons (Fsp3) is 0.350. The fourth-order valence-corrected chi connectivity index (χ4v) is 2.89. The van der Waals surface area contributed by atoms with Crippen LogP contribution in [0.3, 0.4) is 0 Å². The summed E-state index contributed by atoms with van der Waals surface area (Å²) in [5.74, 6) is 6.77. The quantitative estimate of drug-likeness (QED) is 0.324. The van der Waals surface area contributed by atoms with Crippen LogP contribution in [0, 0.1) is 23.2 Å². The molecule has 0 bridgehead atoms. The predicted octanol–water partition coefficient (Wildman–Crippen LogP) is 3.32. The van der Waals surface area contributed by atoms with Gasteiger partial charge in [-0.3, -0.25) is 4.55 Å². The normalized spacial score (nSPS) is 10.5. The number of nitrogens with zero attached hydrogens (tertiary/aromatic N) is 3. The maximum Gasteiger partial charge on any atom is 0.264 e. The maximum absolute atomic E-state index is 10.7. The predicted molar refractivity (Wildman–Crippen MR) is 112 cm³/mol. The summed E-state index contributed by atoms with van der Waals surface area (Å²) in [4.78, 5) is 8.77. The fourth-order valence-electron chi connectivity index (χ4n) is 2.32. The molecule has 1 heterocycles. The van der Waals surface area contributed by atoms with Gasteiger partial charge in [0.05, 0.1) is 29.1 Å². The largest absolute Gasteiger partial charge is 0.369 e. The monoisotopic (exact) mass is 413 g/mol. The third-order valence-electron chi connectivity index (χ3n) is 3.78. The van der Waals surface area contributed by atoms with Crippen LogP contribution in [-0.2, 0) is 10.1 Å². The van der Waals surface area contributed by atoms with Crippen molar-refractivity contribution in [1.82, 2.24) is 9.97 Å². The lowest BCUT2D eigenvalue weighted by molar-refractivity contribution is 0.480. The van der Waals surface area contributed by atoms with Crippen LogP contribution in [0.15, 0.2) is 30.5 Å². The Bertz CT molecular complexity index is 1020. The summed E-state index contributed by atoms with van der Waals surface area (Å²) >= 11 is 0. The summed E-state index contributed by atoms with van der Waals surface area (Å²) in [6, 6.07) is 9.05. The highest BCUT2D eigenvalue weighted by Gasteiger charge is 2.06. The Morgan fingerprint density at radius 2 is 1.97 bits per heavy atom. The van der Waals surface area contributed by atoms with E-state index in [4.69, 9.17) is 9.81 Å². The summed E-state index contributed by atoms with van der Waals surface area (Å²) in [5.41, 5.74) is 1.99. The van der Waals surface area contributed by atoms with Gasteiger partial charge < -0.3 is 10.6 Å². The first-order valence-electron chi connectivity index (χ1n) is 9.23. The zero-order valence-electron chi connectivity index (χ0n) is 16.1. The lowest BCUT2D eigenvalue weighted by Crippen LogP contribution is -2.07. The Morgan fingerprint density at radius 1 is 1.21 bits per heavy atom. The van der Waals surface area contributed by atoms with E-state index in [1.807, 2.05) is 6.92 Å². The van der Waals surface area contributed by atoms with E-state index in [1.165, 1.54) is 0 Å². The minimum absolute atomic E-state index is 0.253. The standard InChI is InChI=1S/C20H23N5O3S/c1-2-12-22-19-17(7-5-3-4-6-13-29(26,27)28)15-23-20(25-19)24-18-10-8-16(14-21)9-11-18/h8-11,15H,2-4,6,12-13H2,1H3,(H,26,27,28)(H2,22,23,24,25). The molecule has 0 unspecified atom stereocenters. The number of unbranched alkanes of at least 4 members (excludes halogenated alkanes) is 2. The van der Waals surface area contributed by atoms with Gasteiger partial charge in [0.2, 0.25) is 5.95 Å². The Morgan fingerprint density at radius 3 is 2.62 bits per heavy atom. The van der Waals surface area contributed by atoms with Crippen molar-refractivity contribution >= 4 is 27.6 Å². The Kier molecular flexibility index (Phi) is 8.41. The molecule has 0 aliphatic carbocycles. The third-order valence-corrected chi connectivity index (χ3v) is 4.58. The van der Waals surface area contributed by atoms with Crippen molar-refractivity contribution in [2.45, 2.75) is 32.6 Å². The van der Waals surface area contributed by atoms with Crippen molar-refractivity contribution in [2.75, 3.05) is 22.9 Å². The maximum atomic E-state index is 10.7. The molecule has 29 heavy (non-hydrogen) atoms. The Balaban J connectivity index is 2.06. The van der Waals surface area contributed by atoms with Crippen LogP contribution in [0.1, 0.15) is 43.7 Å². The van der Waals surface area contributed by atoms with Crippen LogP contribution in [0.5, 0.6) is 0 Å². The average Bonchev–Trinajstić information content (AvgIpc) is 2.70. The second kappa shape index (κ2) is 11.0. The summed E-state index contributed by atoms with van der Waals surface area (Å²) in [6.07, 6.45) is 3.99. The molecular formula is C20H23N5O3S. The van der Waals surface area contributed by atoms with Gasteiger partial charge in [-0.05, 0) is 43.5 Å². The summed E-state index contributed by atoms with van der Waals surface area (Å²) in [5, 5.41) is 15.2. The molecule has 2 rings (SSSR count). The number of aromatic nitrogens is 2. The number of hydrogen-bond donors (Lipinski definition) is 3. The van der Waals surface area contributed by atoms with Crippen LogP contribution in [-0.4, -0.2) is 35.2 Å². The molecule has 2 aromatic rings. The zero-order chi connectivity index (χ0) is 21.1. The molecule has 0 spiro atoms. The highest BCUT2D eigenvalue weighted by molar-refractivity contribution is 7.85. The molecule has 1 aromatic carbocycles. The van der Waals surface area contributed by atoms with Gasteiger partial charge in [-0.1, -0.05) is 18.8 Å². The van der Waals surface area contributed by atoms with E-state index in [0.717, 1.165) is 18.7 Å². The number of anilines is 3. The first kappa shape index (κ1) is 22.2. The number of benzene rings is 1. The smallest absolute Gasteiger partial charge is 0.264 e. The number of nitrogens with one attached hydrogen (secondary N) is 2. The van der Waals surface area contributed by atoms with Crippen molar-refractivity contribution in [1.29, 1.82) is 5.26 Å². The van der Waals surface area contributed by atoms with Crippen molar-refractivity contribution < 1.29 is 13.0 Å². The molecule has 0 saturated carbocycles. The summed E-state index contributed by atoms with van der Waals surface area (Å²) in [7, 11) is -3.92. The van der Waals surface area contributed by atoms with E-state index in [2.05, 4.69) is 38.5 Å². The van der Waals surface area contributed by atoms with Gasteiger partial charge in [0.15, 0.2) is 0 Å². The third kappa shape index (κ3) is 8.18. The molecule has 0 aliphatic heterocycles. The molecule has 0 atom stereocenters. The Hall–Kier alpha value is -3.14. The van der Waals surface area contributed by atoms with Crippen molar-refractivity contribution in [2.24, 2.45) is 0 Å². The molecule has 152 valence electrons. The molecule has 0 fully saturated rings. The highest BCUT2D eigenvalue weighted by atomic mass is 32.2. The average molecular weight is 414 g/mol. The van der Waals surface area contributed by atoms with Gasteiger partial charge in [-0.15, -0.1) is 0 Å². The van der Waals surface area contributed by atoms with E-state index in [1.54, 1.807) is 30.5 Å². The van der Waals surface area contributed by atoms with Crippen molar-refractivity contribution in [3.8, 4) is 17.9 Å².